The van der Waals surface area contributed by atoms with Crippen LogP contribution in [0.3, 0.4) is 0 Å². The molecule has 0 saturated carbocycles. The van der Waals surface area contributed by atoms with Crippen LogP contribution in [-0.2, 0) is 14.3 Å². The van der Waals surface area contributed by atoms with Crippen molar-refractivity contribution in [3.05, 3.63) is 64.7 Å². The lowest BCUT2D eigenvalue weighted by Gasteiger charge is -2.25. The number of phenols is 1. The Morgan fingerprint density at radius 2 is 1.82 bits per heavy atom. The molecule has 0 bridgehead atoms. The summed E-state index contributed by atoms with van der Waals surface area (Å²) < 4.78 is 10.9. The first-order valence-electron chi connectivity index (χ1n) is 11.0. The van der Waals surface area contributed by atoms with Crippen LogP contribution in [0, 0.1) is 12.8 Å². The summed E-state index contributed by atoms with van der Waals surface area (Å²) in [5.74, 6) is -0.491. The number of benzene rings is 2. The predicted octanol–water partition coefficient (Wildman–Crippen LogP) is 4.19. The molecule has 2 aromatic rings. The van der Waals surface area contributed by atoms with Crippen LogP contribution in [0.5, 0.6) is 11.5 Å². The zero-order chi connectivity index (χ0) is 24.1. The van der Waals surface area contributed by atoms with E-state index in [0.717, 1.165) is 5.56 Å². The minimum Gasteiger partial charge on any atom is -0.508 e. The van der Waals surface area contributed by atoms with Gasteiger partial charge in [-0.3, -0.25) is 9.59 Å². The Hall–Kier alpha value is -3.32. The molecule has 176 valence electrons. The van der Waals surface area contributed by atoms with Crippen LogP contribution in [0.25, 0.3) is 5.76 Å². The molecule has 0 aromatic heterocycles. The van der Waals surface area contributed by atoms with Gasteiger partial charge >= 0.3 is 0 Å². The van der Waals surface area contributed by atoms with Gasteiger partial charge in [0.05, 0.1) is 18.2 Å². The summed E-state index contributed by atoms with van der Waals surface area (Å²) in [5.41, 5.74) is 1.90. The van der Waals surface area contributed by atoms with Crippen molar-refractivity contribution in [3.63, 3.8) is 0 Å². The van der Waals surface area contributed by atoms with E-state index in [1.54, 1.807) is 37.4 Å². The van der Waals surface area contributed by atoms with E-state index >= 15 is 0 Å². The first-order chi connectivity index (χ1) is 15.7. The van der Waals surface area contributed by atoms with Gasteiger partial charge in [-0.05, 0) is 60.7 Å². The summed E-state index contributed by atoms with van der Waals surface area (Å²) in [6.45, 7) is 7.28. The number of aryl methyl sites for hydroxylation is 1. The minimum atomic E-state index is -0.764. The lowest BCUT2D eigenvalue weighted by atomic mass is 9.94. The van der Waals surface area contributed by atoms with Crippen LogP contribution in [0.1, 0.15) is 43.0 Å². The third kappa shape index (κ3) is 5.37. The van der Waals surface area contributed by atoms with E-state index in [-0.39, 0.29) is 17.1 Å². The number of aliphatic hydroxyl groups is 1. The number of hydrogen-bond acceptors (Lipinski definition) is 6. The summed E-state index contributed by atoms with van der Waals surface area (Å²) in [4.78, 5) is 27.4. The fourth-order valence-electron chi connectivity index (χ4n) is 3.86. The lowest BCUT2D eigenvalue weighted by Crippen LogP contribution is -2.31. The van der Waals surface area contributed by atoms with Gasteiger partial charge in [-0.1, -0.05) is 26.0 Å². The molecule has 2 N–H and O–H groups in total. The van der Waals surface area contributed by atoms with E-state index in [9.17, 15) is 19.8 Å². The summed E-state index contributed by atoms with van der Waals surface area (Å²) >= 11 is 0. The summed E-state index contributed by atoms with van der Waals surface area (Å²) in [5, 5.41) is 20.9. The van der Waals surface area contributed by atoms with Gasteiger partial charge in [-0.25, -0.2) is 0 Å². The molecule has 0 unspecified atom stereocenters. The second-order valence-electron chi connectivity index (χ2n) is 8.62. The van der Waals surface area contributed by atoms with E-state index in [4.69, 9.17) is 9.47 Å². The van der Waals surface area contributed by atoms with Crippen molar-refractivity contribution >= 4 is 17.4 Å². The van der Waals surface area contributed by atoms with E-state index in [1.165, 1.54) is 17.0 Å². The third-order valence-corrected chi connectivity index (χ3v) is 5.52. The highest BCUT2D eigenvalue weighted by Gasteiger charge is 2.45. The molecule has 1 amide bonds. The molecule has 1 saturated heterocycles. The number of carbonyl (C=O) groups is 2. The lowest BCUT2D eigenvalue weighted by molar-refractivity contribution is -0.140. The summed E-state index contributed by atoms with van der Waals surface area (Å²) in [6.07, 6.45) is 0.541. The first-order valence-corrected chi connectivity index (χ1v) is 11.0. The Labute approximate surface area is 194 Å². The van der Waals surface area contributed by atoms with Gasteiger partial charge in [0.15, 0.2) is 0 Å². The molecule has 0 spiro atoms. The van der Waals surface area contributed by atoms with Gasteiger partial charge < -0.3 is 24.6 Å². The van der Waals surface area contributed by atoms with Crippen molar-refractivity contribution in [2.24, 2.45) is 5.92 Å². The predicted molar refractivity (Wildman–Crippen MR) is 125 cm³/mol. The van der Waals surface area contributed by atoms with Gasteiger partial charge in [0, 0.05) is 25.8 Å². The van der Waals surface area contributed by atoms with Gasteiger partial charge in [0.25, 0.3) is 11.7 Å². The second kappa shape index (κ2) is 10.5. The first kappa shape index (κ1) is 24.3. The van der Waals surface area contributed by atoms with Crippen molar-refractivity contribution in [3.8, 4) is 11.5 Å². The highest BCUT2D eigenvalue weighted by Crippen LogP contribution is 2.40. The van der Waals surface area contributed by atoms with Crippen molar-refractivity contribution in [2.45, 2.75) is 33.2 Å². The van der Waals surface area contributed by atoms with Gasteiger partial charge in [0.1, 0.15) is 17.3 Å². The van der Waals surface area contributed by atoms with E-state index in [0.29, 0.717) is 49.0 Å². The highest BCUT2D eigenvalue weighted by atomic mass is 16.5. The number of methoxy groups -OCH3 is 1. The number of amides is 1. The van der Waals surface area contributed by atoms with Gasteiger partial charge in [0.2, 0.25) is 0 Å². The van der Waals surface area contributed by atoms with Crippen molar-refractivity contribution in [1.82, 2.24) is 4.90 Å². The van der Waals surface area contributed by atoms with Gasteiger partial charge in [-0.2, -0.15) is 0 Å². The van der Waals surface area contributed by atoms with Crippen LogP contribution in [0.2, 0.25) is 0 Å². The number of aromatic hydroxyl groups is 1. The molecule has 3 rings (SSSR count). The molecule has 33 heavy (non-hydrogen) atoms. The second-order valence-corrected chi connectivity index (χ2v) is 8.62. The normalized spacial score (nSPS) is 17.7. The van der Waals surface area contributed by atoms with E-state index < -0.39 is 17.7 Å². The average Bonchev–Trinajstić information content (AvgIpc) is 3.03. The Balaban J connectivity index is 2.04. The van der Waals surface area contributed by atoms with Crippen LogP contribution in [-0.4, -0.2) is 53.7 Å². The number of carbonyl (C=O) groups excluding carboxylic acids is 2. The molecule has 0 aliphatic carbocycles. The van der Waals surface area contributed by atoms with Crippen molar-refractivity contribution in [2.75, 3.05) is 26.9 Å². The average molecular weight is 454 g/mol. The molecule has 7 heteroatoms. The quantitative estimate of drug-likeness (QED) is 0.256. The number of Topliss-reactive ketones (excluding diaryl/α,β-unsaturated/α-hetero) is 1. The maximum absolute atomic E-state index is 13.0. The fraction of sp³-hybridized carbons (Fsp3) is 0.385. The fourth-order valence-corrected chi connectivity index (χ4v) is 3.86. The topological polar surface area (TPSA) is 96.3 Å². The van der Waals surface area contributed by atoms with Crippen LogP contribution >= 0.6 is 0 Å². The Kier molecular flexibility index (Phi) is 7.76. The standard InChI is InChI=1S/C26H31NO6/c1-16(2)15-33-21-11-8-19(14-17(21)3)24(29)22-23(18-6-9-20(28)10-7-18)27(12-5-13-32-4)26(31)25(22)30/h6-11,14,16,23,28-29H,5,12-13,15H2,1-4H3/b24-22+/t23-/m0/s1. The maximum Gasteiger partial charge on any atom is 0.295 e. The van der Waals surface area contributed by atoms with Gasteiger partial charge in [-0.15, -0.1) is 0 Å². The Morgan fingerprint density at radius 1 is 1.12 bits per heavy atom. The number of aliphatic hydroxyl groups excluding tert-OH is 1. The third-order valence-electron chi connectivity index (χ3n) is 5.52. The molecule has 2 aromatic carbocycles. The van der Waals surface area contributed by atoms with Crippen molar-refractivity contribution in [1.29, 1.82) is 0 Å². The van der Waals surface area contributed by atoms with E-state index in [1.807, 2.05) is 6.92 Å². The maximum atomic E-state index is 13.0. The zero-order valence-electron chi connectivity index (χ0n) is 19.5. The molecule has 0 radical (unpaired) electrons. The smallest absolute Gasteiger partial charge is 0.295 e. The number of likely N-dealkylation sites (tertiary alicyclic amines) is 1. The Bertz CT molecular complexity index is 1040. The summed E-state index contributed by atoms with van der Waals surface area (Å²) in [6, 6.07) is 10.7. The van der Waals surface area contributed by atoms with Crippen LogP contribution < -0.4 is 4.74 Å². The number of ketones is 1. The molecule has 1 atom stereocenters. The largest absolute Gasteiger partial charge is 0.508 e. The zero-order valence-corrected chi connectivity index (χ0v) is 19.5. The number of rotatable bonds is 9. The number of hydrogen-bond donors (Lipinski definition) is 2. The molecule has 1 aliphatic rings. The van der Waals surface area contributed by atoms with Crippen LogP contribution in [0.15, 0.2) is 48.0 Å². The molecule has 1 fully saturated rings. The highest BCUT2D eigenvalue weighted by molar-refractivity contribution is 6.46. The number of phenolic OH excluding ortho intramolecular Hbond substituents is 1. The molecule has 7 nitrogen and oxygen atoms in total. The number of nitrogens with zero attached hydrogens (tertiary/aromatic N) is 1. The molecular formula is C26H31NO6. The molecular weight excluding hydrogens is 422 g/mol. The SMILES string of the molecule is COCCCN1C(=O)C(=O)/C(=C(/O)c2ccc(OCC(C)C)c(C)c2)[C@@H]1c1ccc(O)cc1. The van der Waals surface area contributed by atoms with E-state index in [2.05, 4.69) is 13.8 Å². The van der Waals surface area contributed by atoms with Crippen molar-refractivity contribution < 1.29 is 29.3 Å². The minimum absolute atomic E-state index is 0.0263. The summed E-state index contributed by atoms with van der Waals surface area (Å²) in [7, 11) is 1.57. The molecule has 1 heterocycles. The monoisotopic (exact) mass is 453 g/mol. The Morgan fingerprint density at radius 3 is 2.42 bits per heavy atom. The molecule has 1 aliphatic heterocycles. The number of ether oxygens (including phenoxy) is 2. The van der Waals surface area contributed by atoms with Crippen LogP contribution in [0.4, 0.5) is 0 Å².